The average molecular weight is 224 g/mol. The van der Waals surface area contributed by atoms with E-state index in [2.05, 4.69) is 4.98 Å². The van der Waals surface area contributed by atoms with Crippen LogP contribution in [0, 0.1) is 5.82 Å². The lowest BCUT2D eigenvalue weighted by atomic mass is 10.3. The summed E-state index contributed by atoms with van der Waals surface area (Å²) in [6.07, 6.45) is 0. The second-order valence-electron chi connectivity index (χ2n) is 2.91. The number of anilines is 1. The number of nitrogen functional groups attached to an aromatic ring is 1. The Morgan fingerprint density at radius 3 is 3.00 bits per heavy atom. The molecule has 0 fully saturated rings. The van der Waals surface area contributed by atoms with Gasteiger partial charge < -0.3 is 10.5 Å². The predicted octanol–water partition coefficient (Wildman–Crippen LogP) is 2.44. The van der Waals surface area contributed by atoms with E-state index in [1.807, 2.05) is 0 Å². The van der Waals surface area contributed by atoms with E-state index in [0.717, 1.165) is 5.01 Å². The van der Waals surface area contributed by atoms with Crippen LogP contribution in [0.5, 0.6) is 5.75 Å². The normalized spacial score (nSPS) is 10.2. The lowest BCUT2D eigenvalue weighted by Crippen LogP contribution is -1.95. The van der Waals surface area contributed by atoms with Crippen molar-refractivity contribution >= 4 is 17.2 Å². The molecule has 0 aliphatic heterocycles. The standard InChI is InChI=1S/C10H9FN2OS/c11-7-2-1-3-8(4-7)14-5-10-13-9(12)6-15-10/h1-4,6H,5,12H2. The zero-order valence-electron chi connectivity index (χ0n) is 7.81. The molecule has 15 heavy (non-hydrogen) atoms. The van der Waals surface area contributed by atoms with E-state index in [1.54, 1.807) is 17.5 Å². The Hall–Kier alpha value is -1.62. The lowest BCUT2D eigenvalue weighted by Gasteiger charge is -2.02. The van der Waals surface area contributed by atoms with Crippen molar-refractivity contribution in [2.45, 2.75) is 6.61 Å². The van der Waals surface area contributed by atoms with Gasteiger partial charge in [-0.3, -0.25) is 0 Å². The Kier molecular flexibility index (Phi) is 2.82. The van der Waals surface area contributed by atoms with Crippen LogP contribution < -0.4 is 10.5 Å². The maximum Gasteiger partial charge on any atom is 0.140 e. The molecule has 2 aromatic rings. The summed E-state index contributed by atoms with van der Waals surface area (Å²) in [6, 6.07) is 5.99. The molecular formula is C10H9FN2OS. The first-order valence-corrected chi connectivity index (χ1v) is 5.20. The van der Waals surface area contributed by atoms with Crippen molar-refractivity contribution in [3.8, 4) is 5.75 Å². The molecule has 0 saturated heterocycles. The number of nitrogens with two attached hydrogens (primary N) is 1. The van der Waals surface area contributed by atoms with E-state index >= 15 is 0 Å². The third-order valence-electron chi connectivity index (χ3n) is 1.73. The first kappa shape index (κ1) is 9.92. The van der Waals surface area contributed by atoms with Gasteiger partial charge in [-0.2, -0.15) is 0 Å². The van der Waals surface area contributed by atoms with E-state index in [4.69, 9.17) is 10.5 Å². The molecule has 0 saturated carbocycles. The van der Waals surface area contributed by atoms with Crippen LogP contribution in [0.3, 0.4) is 0 Å². The zero-order valence-corrected chi connectivity index (χ0v) is 8.63. The molecule has 0 aliphatic carbocycles. The van der Waals surface area contributed by atoms with Gasteiger partial charge in [0.25, 0.3) is 0 Å². The van der Waals surface area contributed by atoms with Gasteiger partial charge in [-0.1, -0.05) is 6.07 Å². The highest BCUT2D eigenvalue weighted by Gasteiger charge is 2.01. The van der Waals surface area contributed by atoms with Gasteiger partial charge in [0.2, 0.25) is 0 Å². The summed E-state index contributed by atoms with van der Waals surface area (Å²) in [5.41, 5.74) is 5.46. The van der Waals surface area contributed by atoms with Crippen LogP contribution >= 0.6 is 11.3 Å². The number of halogens is 1. The summed E-state index contributed by atoms with van der Waals surface area (Å²) in [5.74, 6) is 0.660. The maximum absolute atomic E-state index is 12.8. The minimum absolute atomic E-state index is 0.311. The van der Waals surface area contributed by atoms with Crippen LogP contribution in [0.25, 0.3) is 0 Å². The molecule has 3 nitrogen and oxygen atoms in total. The largest absolute Gasteiger partial charge is 0.486 e. The van der Waals surface area contributed by atoms with Gasteiger partial charge in [-0.15, -0.1) is 11.3 Å². The van der Waals surface area contributed by atoms with Gasteiger partial charge in [-0.05, 0) is 12.1 Å². The number of ether oxygens (including phenoxy) is 1. The molecule has 1 aromatic heterocycles. The zero-order chi connectivity index (χ0) is 10.7. The van der Waals surface area contributed by atoms with E-state index < -0.39 is 0 Å². The Labute approximate surface area is 90.3 Å². The Morgan fingerprint density at radius 2 is 2.33 bits per heavy atom. The van der Waals surface area contributed by atoms with Crippen molar-refractivity contribution in [2.75, 3.05) is 5.73 Å². The summed E-state index contributed by atoms with van der Waals surface area (Å²) in [4.78, 5) is 4.03. The van der Waals surface area contributed by atoms with Crippen LogP contribution in [-0.2, 0) is 6.61 Å². The second kappa shape index (κ2) is 4.27. The van der Waals surface area contributed by atoms with Crippen LogP contribution in [-0.4, -0.2) is 4.98 Å². The molecule has 1 heterocycles. The van der Waals surface area contributed by atoms with Crippen molar-refractivity contribution in [1.82, 2.24) is 4.98 Å². The SMILES string of the molecule is Nc1csc(COc2cccc(F)c2)n1. The van der Waals surface area contributed by atoms with Crippen LogP contribution in [0.1, 0.15) is 5.01 Å². The topological polar surface area (TPSA) is 48.1 Å². The highest BCUT2D eigenvalue weighted by molar-refractivity contribution is 7.09. The summed E-state index contributed by atoms with van der Waals surface area (Å²) >= 11 is 1.42. The molecule has 5 heteroatoms. The molecule has 0 spiro atoms. The Balaban J connectivity index is 1.99. The Morgan fingerprint density at radius 1 is 1.47 bits per heavy atom. The molecule has 0 radical (unpaired) electrons. The number of thiazole rings is 1. The molecule has 2 rings (SSSR count). The fourth-order valence-electron chi connectivity index (χ4n) is 1.09. The van der Waals surface area contributed by atoms with Crippen molar-refractivity contribution in [2.24, 2.45) is 0 Å². The predicted molar refractivity (Wildman–Crippen MR) is 57.3 cm³/mol. The minimum Gasteiger partial charge on any atom is -0.486 e. The minimum atomic E-state index is -0.314. The molecule has 78 valence electrons. The second-order valence-corrected chi connectivity index (χ2v) is 3.85. The van der Waals surface area contributed by atoms with Crippen molar-refractivity contribution < 1.29 is 9.13 Å². The van der Waals surface area contributed by atoms with Crippen LogP contribution in [0.2, 0.25) is 0 Å². The number of aromatic nitrogens is 1. The van der Waals surface area contributed by atoms with Gasteiger partial charge in [0.05, 0.1) is 0 Å². The number of rotatable bonds is 3. The van der Waals surface area contributed by atoms with E-state index in [1.165, 1.54) is 23.5 Å². The summed E-state index contributed by atoms with van der Waals surface area (Å²) in [7, 11) is 0. The smallest absolute Gasteiger partial charge is 0.140 e. The number of hydrogen-bond acceptors (Lipinski definition) is 4. The molecule has 0 amide bonds. The van der Waals surface area contributed by atoms with Crippen LogP contribution in [0.4, 0.5) is 10.2 Å². The number of hydrogen-bond donors (Lipinski definition) is 1. The quantitative estimate of drug-likeness (QED) is 0.871. The molecule has 2 N–H and O–H groups in total. The molecule has 0 aliphatic rings. The third-order valence-corrected chi connectivity index (χ3v) is 2.57. The molecule has 0 atom stereocenters. The summed E-state index contributed by atoms with van der Waals surface area (Å²) in [6.45, 7) is 0.311. The van der Waals surface area contributed by atoms with E-state index in [9.17, 15) is 4.39 Å². The van der Waals surface area contributed by atoms with Gasteiger partial charge in [0.1, 0.15) is 29.0 Å². The van der Waals surface area contributed by atoms with E-state index in [0.29, 0.717) is 18.2 Å². The monoisotopic (exact) mass is 224 g/mol. The highest BCUT2D eigenvalue weighted by atomic mass is 32.1. The molecule has 0 bridgehead atoms. The number of benzene rings is 1. The van der Waals surface area contributed by atoms with Crippen molar-refractivity contribution in [3.05, 3.63) is 40.5 Å². The molecule has 0 unspecified atom stereocenters. The first-order chi connectivity index (χ1) is 7.24. The maximum atomic E-state index is 12.8. The highest BCUT2D eigenvalue weighted by Crippen LogP contribution is 2.16. The lowest BCUT2D eigenvalue weighted by molar-refractivity contribution is 0.304. The fraction of sp³-hybridized carbons (Fsp3) is 0.100. The summed E-state index contributed by atoms with van der Waals surface area (Å²) < 4.78 is 18.1. The van der Waals surface area contributed by atoms with Crippen molar-refractivity contribution in [1.29, 1.82) is 0 Å². The van der Waals surface area contributed by atoms with Gasteiger partial charge in [0, 0.05) is 11.4 Å². The number of nitrogens with zero attached hydrogens (tertiary/aromatic N) is 1. The Bertz CT molecular complexity index is 458. The van der Waals surface area contributed by atoms with Gasteiger partial charge >= 0.3 is 0 Å². The van der Waals surface area contributed by atoms with Gasteiger partial charge in [0.15, 0.2) is 0 Å². The molecule has 1 aromatic carbocycles. The summed E-state index contributed by atoms with van der Waals surface area (Å²) in [5, 5.41) is 2.52. The fourth-order valence-corrected chi connectivity index (χ4v) is 1.69. The average Bonchev–Trinajstić information content (AvgIpc) is 2.62. The molecular weight excluding hydrogens is 215 g/mol. The van der Waals surface area contributed by atoms with Crippen molar-refractivity contribution in [3.63, 3.8) is 0 Å². The third kappa shape index (κ3) is 2.66. The van der Waals surface area contributed by atoms with Gasteiger partial charge in [-0.25, -0.2) is 9.37 Å². The first-order valence-electron chi connectivity index (χ1n) is 4.32. The van der Waals surface area contributed by atoms with E-state index in [-0.39, 0.29) is 5.82 Å². The van der Waals surface area contributed by atoms with Crippen LogP contribution in [0.15, 0.2) is 29.6 Å².